The smallest absolute Gasteiger partial charge is 0.324 e. The van der Waals surface area contributed by atoms with E-state index in [9.17, 15) is 20.1 Å². The monoisotopic (exact) mass is 733 g/mol. The lowest BCUT2D eigenvalue weighted by molar-refractivity contribution is -0.178. The number of carbonyl (C=O) groups is 3. The third kappa shape index (κ3) is 6.22. The van der Waals surface area contributed by atoms with Gasteiger partial charge in [-0.25, -0.2) is 0 Å². The zero-order valence-electron chi connectivity index (χ0n) is 29.7. The number of nitrogens with zero attached hydrogens (tertiary/aromatic N) is 1. The number of nitrogens with one attached hydrogen (secondary N) is 2. The number of hydrogen-bond donors (Lipinski definition) is 5. The summed E-state index contributed by atoms with van der Waals surface area (Å²) in [5.74, 6) is 2.88. The van der Waals surface area contributed by atoms with Gasteiger partial charge >= 0.3 is 5.97 Å². The van der Waals surface area contributed by atoms with Gasteiger partial charge in [0.1, 0.15) is 23.3 Å². The molecule has 7 atom stereocenters. The molecule has 8 rings (SSSR count). The van der Waals surface area contributed by atoms with Gasteiger partial charge in [0.15, 0.2) is 0 Å². The molecule has 3 heterocycles. The van der Waals surface area contributed by atoms with Crippen molar-refractivity contribution < 1.29 is 34.4 Å². The molecule has 0 aliphatic carbocycles. The van der Waals surface area contributed by atoms with Crippen LogP contribution in [0.1, 0.15) is 64.1 Å². The predicted molar refractivity (Wildman–Crippen MR) is 204 cm³/mol. The normalized spacial score (nSPS) is 24.5. The van der Waals surface area contributed by atoms with E-state index in [4.69, 9.17) is 4.74 Å². The minimum absolute atomic E-state index is 0.00841. The standard InChI is InChI=1S/C45H39N3O7/c49-25-11-10-12-28-19-24-35-34(26-28)45(44(54)47-35)37(42(52)46-27-36(51)29-13-4-1-5-14-29)39-43(53)55-40(31-17-8-3-9-18-31)38(30-15-6-2-7-16-30)48(39)41(45)32-20-22-33(50)23-21-32/h1-9,13-24,26,36-41,49-51H,11,25,27H2,(H,46,52)(H,47,54)/t36-,37-,38-,39-,40+,41+,45-/m0/s1. The molecule has 5 aromatic carbocycles. The van der Waals surface area contributed by atoms with Crippen molar-refractivity contribution in [2.45, 2.75) is 42.2 Å². The van der Waals surface area contributed by atoms with E-state index >= 15 is 9.59 Å². The Kier molecular flexibility index (Phi) is 9.67. The fourth-order valence-electron chi connectivity index (χ4n) is 8.65. The highest BCUT2D eigenvalue weighted by Gasteiger charge is 2.74. The van der Waals surface area contributed by atoms with Crippen LogP contribution in [0.4, 0.5) is 5.69 Å². The van der Waals surface area contributed by atoms with Crippen LogP contribution in [-0.4, -0.2) is 57.2 Å². The first-order valence-electron chi connectivity index (χ1n) is 18.3. The number of anilines is 1. The Morgan fingerprint density at radius 1 is 0.836 bits per heavy atom. The van der Waals surface area contributed by atoms with Gasteiger partial charge in [0.05, 0.1) is 30.7 Å². The molecular formula is C45H39N3O7. The second-order valence-electron chi connectivity index (χ2n) is 14.0. The van der Waals surface area contributed by atoms with E-state index in [1.807, 2.05) is 71.6 Å². The summed E-state index contributed by atoms with van der Waals surface area (Å²) < 4.78 is 6.42. The lowest BCUT2D eigenvalue weighted by atomic mass is 9.65. The van der Waals surface area contributed by atoms with Crippen LogP contribution in [-0.2, 0) is 24.5 Å². The zero-order chi connectivity index (χ0) is 38.1. The lowest BCUT2D eigenvalue weighted by Gasteiger charge is -2.46. The molecule has 0 saturated carbocycles. The summed E-state index contributed by atoms with van der Waals surface area (Å²) in [6, 6.07) is 36.7. The Morgan fingerprint density at radius 3 is 2.16 bits per heavy atom. The van der Waals surface area contributed by atoms with Crippen LogP contribution in [0.5, 0.6) is 5.75 Å². The number of cyclic esters (lactones) is 1. The van der Waals surface area contributed by atoms with Gasteiger partial charge < -0.3 is 30.7 Å². The molecule has 0 radical (unpaired) electrons. The molecule has 55 heavy (non-hydrogen) atoms. The molecule has 0 aromatic heterocycles. The second kappa shape index (κ2) is 14.9. The van der Waals surface area contributed by atoms with E-state index in [2.05, 4.69) is 22.5 Å². The number of phenols is 1. The summed E-state index contributed by atoms with van der Waals surface area (Å²) >= 11 is 0. The highest BCUT2D eigenvalue weighted by molar-refractivity contribution is 6.12. The van der Waals surface area contributed by atoms with E-state index in [1.165, 1.54) is 12.1 Å². The van der Waals surface area contributed by atoms with Crippen molar-refractivity contribution in [3.8, 4) is 17.6 Å². The third-order valence-corrected chi connectivity index (χ3v) is 10.9. The molecule has 0 unspecified atom stereocenters. The van der Waals surface area contributed by atoms with Crippen molar-refractivity contribution in [2.75, 3.05) is 18.5 Å². The quantitative estimate of drug-likeness (QED) is 0.107. The first kappa shape index (κ1) is 35.8. The molecule has 2 amide bonds. The fraction of sp³-hybridized carbons (Fsp3) is 0.222. The Morgan fingerprint density at radius 2 is 1.49 bits per heavy atom. The van der Waals surface area contributed by atoms with Crippen molar-refractivity contribution in [2.24, 2.45) is 5.92 Å². The largest absolute Gasteiger partial charge is 0.508 e. The number of hydrogen-bond acceptors (Lipinski definition) is 8. The first-order chi connectivity index (χ1) is 26.8. The molecule has 0 bridgehead atoms. The molecule has 2 fully saturated rings. The number of benzene rings is 5. The molecule has 276 valence electrons. The summed E-state index contributed by atoms with van der Waals surface area (Å²) in [7, 11) is 0. The predicted octanol–water partition coefficient (Wildman–Crippen LogP) is 5.25. The van der Waals surface area contributed by atoms with Crippen LogP contribution in [0, 0.1) is 17.8 Å². The fourth-order valence-corrected chi connectivity index (χ4v) is 8.65. The van der Waals surface area contributed by atoms with E-state index in [-0.39, 0.29) is 25.3 Å². The zero-order valence-corrected chi connectivity index (χ0v) is 29.7. The molecule has 1 spiro atoms. The Bertz CT molecular complexity index is 2270. The number of aliphatic hydroxyl groups is 2. The van der Waals surface area contributed by atoms with Crippen molar-refractivity contribution in [1.82, 2.24) is 10.2 Å². The number of ether oxygens (including phenoxy) is 1. The Balaban J connectivity index is 1.38. The number of aromatic hydroxyl groups is 1. The molecule has 5 aromatic rings. The van der Waals surface area contributed by atoms with Gasteiger partial charge in [0, 0.05) is 24.2 Å². The van der Waals surface area contributed by atoms with Gasteiger partial charge in [-0.1, -0.05) is 115 Å². The average Bonchev–Trinajstić information content (AvgIpc) is 3.69. The summed E-state index contributed by atoms with van der Waals surface area (Å²) in [6.45, 7) is -0.304. The van der Waals surface area contributed by atoms with E-state index in [0.717, 1.165) is 11.1 Å². The second-order valence-corrected chi connectivity index (χ2v) is 14.0. The van der Waals surface area contributed by atoms with Crippen molar-refractivity contribution in [3.05, 3.63) is 167 Å². The van der Waals surface area contributed by atoms with Crippen molar-refractivity contribution >= 4 is 23.5 Å². The van der Waals surface area contributed by atoms with Gasteiger partial charge in [-0.15, -0.1) is 0 Å². The van der Waals surface area contributed by atoms with Crippen molar-refractivity contribution in [1.29, 1.82) is 0 Å². The number of phenolic OH excluding ortho intramolecular Hbond substituents is 1. The first-order valence-corrected chi connectivity index (χ1v) is 18.3. The maximum Gasteiger partial charge on any atom is 0.324 e. The molecule has 2 saturated heterocycles. The molecule has 5 N–H and O–H groups in total. The summed E-state index contributed by atoms with van der Waals surface area (Å²) in [5.41, 5.74) is 2.46. The summed E-state index contributed by atoms with van der Waals surface area (Å²) in [5, 5.41) is 37.0. The maximum absolute atomic E-state index is 15.2. The van der Waals surface area contributed by atoms with E-state index in [1.54, 1.807) is 54.6 Å². The highest BCUT2D eigenvalue weighted by Crippen LogP contribution is 2.64. The molecular weight excluding hydrogens is 695 g/mol. The Labute approximate surface area is 318 Å². The van der Waals surface area contributed by atoms with Crippen molar-refractivity contribution in [3.63, 3.8) is 0 Å². The van der Waals surface area contributed by atoms with Crippen LogP contribution >= 0.6 is 0 Å². The van der Waals surface area contributed by atoms with Gasteiger partial charge in [0.2, 0.25) is 11.8 Å². The highest BCUT2D eigenvalue weighted by atomic mass is 16.6. The van der Waals surface area contributed by atoms with Gasteiger partial charge in [-0.05, 0) is 58.1 Å². The van der Waals surface area contributed by atoms with Gasteiger partial charge in [-0.3, -0.25) is 19.3 Å². The van der Waals surface area contributed by atoms with Crippen LogP contribution < -0.4 is 10.6 Å². The maximum atomic E-state index is 15.2. The topological polar surface area (TPSA) is 148 Å². The van der Waals surface area contributed by atoms with E-state index in [0.29, 0.717) is 27.9 Å². The molecule has 10 heteroatoms. The average molecular weight is 734 g/mol. The number of esters is 1. The van der Waals surface area contributed by atoms with Crippen LogP contribution in [0.15, 0.2) is 133 Å². The number of fused-ring (bicyclic) bond motifs is 3. The number of rotatable bonds is 8. The number of carbonyl (C=O) groups excluding carboxylic acids is 3. The lowest BCUT2D eigenvalue weighted by Crippen LogP contribution is -2.55. The van der Waals surface area contributed by atoms with Gasteiger partial charge in [0.25, 0.3) is 0 Å². The molecule has 10 nitrogen and oxygen atoms in total. The SMILES string of the molecule is O=C1O[C@H](c2ccccc2)[C@H](c2ccccc2)N2[C@H]1[C@@H](C(=O)NC[C@H](O)c1ccccc1)[C@]1(C(=O)Nc3ccc(C#CCCO)cc31)[C@H]2c1ccc(O)cc1. The minimum atomic E-state index is -1.74. The third-order valence-electron chi connectivity index (χ3n) is 10.9. The van der Waals surface area contributed by atoms with E-state index < -0.39 is 59.5 Å². The minimum Gasteiger partial charge on any atom is -0.508 e. The summed E-state index contributed by atoms with van der Waals surface area (Å²) in [6.07, 6.45) is -1.65. The number of amides is 2. The number of aliphatic hydroxyl groups excluding tert-OH is 2. The molecule has 3 aliphatic heterocycles. The molecule has 3 aliphatic rings. The summed E-state index contributed by atoms with van der Waals surface area (Å²) in [4.78, 5) is 47.0. The van der Waals surface area contributed by atoms with Crippen LogP contribution in [0.25, 0.3) is 0 Å². The van der Waals surface area contributed by atoms with Gasteiger partial charge in [-0.2, -0.15) is 0 Å². The van der Waals surface area contributed by atoms with Crippen LogP contribution in [0.3, 0.4) is 0 Å². The van der Waals surface area contributed by atoms with Crippen LogP contribution in [0.2, 0.25) is 0 Å². The number of morpholine rings is 1. The Hall–Kier alpha value is -6.25.